The Morgan fingerprint density at radius 1 is 1.57 bits per heavy atom. The van der Waals surface area contributed by atoms with Crippen LogP contribution in [0, 0.1) is 3.70 Å². The molecular weight excluding hydrogens is 289 g/mol. The zero-order valence-corrected chi connectivity index (χ0v) is 11.7. The molecule has 0 aliphatic carbocycles. The maximum absolute atomic E-state index is 4.47. The van der Waals surface area contributed by atoms with Gasteiger partial charge in [0.05, 0.1) is 0 Å². The standard InChI is InChI=1S/C10H19IN3/c1-8(13(3)4)6-9-10(11-2)14(5)7-12-9/h7-8H,6H2,1-5H3/q-1/t8-/m1/s1. The molecule has 14 heavy (non-hydrogen) atoms. The number of halogens is 1. The molecule has 0 aliphatic rings. The number of imidazole rings is 1. The number of alkyl halides is 1. The second-order valence-electron chi connectivity index (χ2n) is 3.80. The van der Waals surface area contributed by atoms with Crippen LogP contribution >= 0.6 is 0 Å². The summed E-state index contributed by atoms with van der Waals surface area (Å²) in [4.78, 5) is 9.01. The third-order valence-corrected chi connectivity index (χ3v) is 4.89. The second-order valence-corrected chi connectivity index (χ2v) is 5.90. The van der Waals surface area contributed by atoms with Gasteiger partial charge in [-0.1, -0.05) is 0 Å². The van der Waals surface area contributed by atoms with Gasteiger partial charge in [0.25, 0.3) is 0 Å². The van der Waals surface area contributed by atoms with Gasteiger partial charge < -0.3 is 0 Å². The molecule has 0 fully saturated rings. The summed E-state index contributed by atoms with van der Waals surface area (Å²) in [6.45, 7) is 2.24. The van der Waals surface area contributed by atoms with Gasteiger partial charge in [0.2, 0.25) is 0 Å². The molecule has 0 spiro atoms. The van der Waals surface area contributed by atoms with Gasteiger partial charge in [-0.2, -0.15) is 0 Å². The molecule has 0 aromatic carbocycles. The van der Waals surface area contributed by atoms with Crippen molar-refractivity contribution in [2.45, 2.75) is 19.4 Å². The first-order valence-electron chi connectivity index (χ1n) is 4.72. The summed E-state index contributed by atoms with van der Waals surface area (Å²) in [5.74, 6) is 0. The Morgan fingerprint density at radius 2 is 2.21 bits per heavy atom. The van der Waals surface area contributed by atoms with Crippen molar-refractivity contribution < 1.29 is 21.2 Å². The Kier molecular flexibility index (Phi) is 4.37. The number of aryl methyl sites for hydroxylation is 1. The average Bonchev–Trinajstić information content (AvgIpc) is 2.46. The van der Waals surface area contributed by atoms with E-state index in [1.54, 1.807) is 0 Å². The third-order valence-electron chi connectivity index (χ3n) is 2.48. The predicted molar refractivity (Wildman–Crippen MR) is 54.7 cm³/mol. The molecule has 4 heteroatoms. The summed E-state index contributed by atoms with van der Waals surface area (Å²) in [5.41, 5.74) is 1.30. The number of rotatable bonds is 4. The van der Waals surface area contributed by atoms with Crippen molar-refractivity contribution in [1.82, 2.24) is 14.5 Å². The Morgan fingerprint density at radius 3 is 2.71 bits per heavy atom. The van der Waals surface area contributed by atoms with Crippen molar-refractivity contribution in [3.8, 4) is 0 Å². The summed E-state index contributed by atoms with van der Waals surface area (Å²) in [6, 6.07) is 0.569. The Bertz CT molecular complexity index is 294. The van der Waals surface area contributed by atoms with Gasteiger partial charge in [0.15, 0.2) is 0 Å². The molecular formula is C10H19IN3-. The van der Waals surface area contributed by atoms with Crippen LogP contribution in [0.3, 0.4) is 0 Å². The van der Waals surface area contributed by atoms with Crippen LogP contribution in [0.2, 0.25) is 0 Å². The fourth-order valence-electron chi connectivity index (χ4n) is 1.31. The number of hydrogen-bond acceptors (Lipinski definition) is 2. The monoisotopic (exact) mass is 308 g/mol. The summed E-state index contributed by atoms with van der Waals surface area (Å²) >= 11 is 0.134. The van der Waals surface area contributed by atoms with E-state index in [0.717, 1.165) is 6.42 Å². The molecule has 0 aliphatic heterocycles. The first-order chi connectivity index (χ1) is 6.56. The van der Waals surface area contributed by atoms with Gasteiger partial charge in [-0.3, -0.25) is 0 Å². The van der Waals surface area contributed by atoms with Gasteiger partial charge >= 0.3 is 96.8 Å². The SMILES string of the molecule is C[I-]c1c(C[C@@H](C)N(C)C)ncn1C. The Labute approximate surface area is 96.8 Å². The molecule has 0 saturated heterocycles. The van der Waals surface area contributed by atoms with Gasteiger partial charge in [-0.25, -0.2) is 0 Å². The first kappa shape index (κ1) is 12.0. The second kappa shape index (κ2) is 5.11. The van der Waals surface area contributed by atoms with Crippen LogP contribution in [-0.4, -0.2) is 39.5 Å². The normalized spacial score (nSPS) is 13.9. The molecule has 0 radical (unpaired) electrons. The molecule has 0 unspecified atom stereocenters. The average molecular weight is 308 g/mol. The van der Waals surface area contributed by atoms with E-state index in [1.165, 1.54) is 9.39 Å². The number of nitrogens with zero attached hydrogens (tertiary/aromatic N) is 3. The fourth-order valence-corrected chi connectivity index (χ4v) is 3.17. The summed E-state index contributed by atoms with van der Waals surface area (Å²) < 4.78 is 3.64. The summed E-state index contributed by atoms with van der Waals surface area (Å²) in [7, 11) is 6.33. The van der Waals surface area contributed by atoms with E-state index in [-0.39, 0.29) is 21.2 Å². The van der Waals surface area contributed by atoms with Crippen LogP contribution in [0.4, 0.5) is 0 Å². The van der Waals surface area contributed by atoms with Crippen molar-refractivity contribution in [2.75, 3.05) is 19.0 Å². The van der Waals surface area contributed by atoms with Crippen LogP contribution < -0.4 is 21.2 Å². The third kappa shape index (κ3) is 2.70. The predicted octanol–water partition coefficient (Wildman–Crippen LogP) is -2.20. The van der Waals surface area contributed by atoms with Crippen LogP contribution in [0.15, 0.2) is 6.33 Å². The first-order valence-corrected chi connectivity index (χ1v) is 7.96. The van der Waals surface area contributed by atoms with E-state index in [2.05, 4.69) is 47.4 Å². The molecule has 82 valence electrons. The van der Waals surface area contributed by atoms with Gasteiger partial charge in [0.1, 0.15) is 0 Å². The van der Waals surface area contributed by atoms with Crippen LogP contribution in [0.25, 0.3) is 0 Å². The van der Waals surface area contributed by atoms with Crippen molar-refractivity contribution in [1.29, 1.82) is 0 Å². The van der Waals surface area contributed by atoms with E-state index in [4.69, 9.17) is 0 Å². The molecule has 1 rings (SSSR count). The van der Waals surface area contributed by atoms with Crippen LogP contribution in [0.5, 0.6) is 0 Å². The van der Waals surface area contributed by atoms with Crippen molar-refractivity contribution in [2.24, 2.45) is 7.05 Å². The Balaban J connectivity index is 2.76. The minimum absolute atomic E-state index is 0.134. The molecule has 0 saturated carbocycles. The van der Waals surface area contributed by atoms with Crippen LogP contribution in [-0.2, 0) is 13.5 Å². The molecule has 0 amide bonds. The van der Waals surface area contributed by atoms with Crippen molar-refractivity contribution >= 4 is 0 Å². The fraction of sp³-hybridized carbons (Fsp3) is 0.700. The molecule has 0 bridgehead atoms. The molecule has 3 nitrogen and oxygen atoms in total. The number of likely N-dealkylation sites (N-methyl/N-ethyl adjacent to an activating group) is 1. The zero-order chi connectivity index (χ0) is 10.7. The van der Waals surface area contributed by atoms with E-state index in [1.807, 2.05) is 6.33 Å². The van der Waals surface area contributed by atoms with E-state index >= 15 is 0 Å². The Hall–Kier alpha value is -0.100. The zero-order valence-electron chi connectivity index (χ0n) is 9.58. The van der Waals surface area contributed by atoms with Crippen molar-refractivity contribution in [3.05, 3.63) is 15.7 Å². The van der Waals surface area contributed by atoms with E-state index in [0.29, 0.717) is 6.04 Å². The number of hydrogen-bond donors (Lipinski definition) is 0. The molecule has 1 heterocycles. The molecule has 1 aromatic rings. The van der Waals surface area contributed by atoms with Gasteiger partial charge in [-0.15, -0.1) is 0 Å². The topological polar surface area (TPSA) is 21.1 Å². The quantitative estimate of drug-likeness (QED) is 0.465. The molecule has 0 N–H and O–H groups in total. The van der Waals surface area contributed by atoms with Gasteiger partial charge in [0, 0.05) is 0 Å². The maximum atomic E-state index is 4.47. The van der Waals surface area contributed by atoms with Gasteiger partial charge in [-0.05, 0) is 0 Å². The van der Waals surface area contributed by atoms with E-state index < -0.39 is 0 Å². The number of aromatic nitrogens is 2. The van der Waals surface area contributed by atoms with Crippen LogP contribution in [0.1, 0.15) is 12.6 Å². The summed E-state index contributed by atoms with van der Waals surface area (Å²) in [5, 5.41) is 0. The minimum atomic E-state index is 0.134. The van der Waals surface area contributed by atoms with Crippen molar-refractivity contribution in [3.63, 3.8) is 0 Å². The summed E-state index contributed by atoms with van der Waals surface area (Å²) in [6.07, 6.45) is 3.01. The van der Waals surface area contributed by atoms with E-state index in [9.17, 15) is 0 Å². The molecule has 1 atom stereocenters. The molecule has 1 aromatic heterocycles.